The molecule has 0 fully saturated rings. The Kier molecular flexibility index (Phi) is 3.96. The molecule has 15 heavy (non-hydrogen) atoms. The average Bonchev–Trinajstić information content (AvgIpc) is 2.17. The second-order valence-electron chi connectivity index (χ2n) is 4.82. The highest BCUT2D eigenvalue weighted by Gasteiger charge is 2.02. The van der Waals surface area contributed by atoms with Crippen LogP contribution in [0.5, 0.6) is 5.75 Å². The van der Waals surface area contributed by atoms with E-state index in [0.29, 0.717) is 0 Å². The lowest BCUT2D eigenvalue weighted by Gasteiger charge is -2.10. The third-order valence-corrected chi connectivity index (χ3v) is 2.13. The normalized spacial score (nSPS) is 12.0. The van der Waals surface area contributed by atoms with Gasteiger partial charge < -0.3 is 4.74 Å². The molecule has 0 bridgehead atoms. The van der Waals surface area contributed by atoms with E-state index in [0.717, 1.165) is 12.2 Å². The van der Waals surface area contributed by atoms with Crippen molar-refractivity contribution in [2.24, 2.45) is 5.41 Å². The summed E-state index contributed by atoms with van der Waals surface area (Å²) in [5, 5.41) is 0. The SMILES string of the molecule is COc1ccc(C/C=C/C(C)(C)C)cc1. The molecule has 1 aromatic rings. The number of benzene rings is 1. The predicted molar refractivity (Wildman–Crippen MR) is 65.3 cm³/mol. The Morgan fingerprint density at radius 1 is 1.13 bits per heavy atom. The molecule has 0 atom stereocenters. The van der Waals surface area contributed by atoms with Gasteiger partial charge in [-0.05, 0) is 29.5 Å². The van der Waals surface area contributed by atoms with E-state index in [9.17, 15) is 0 Å². The zero-order chi connectivity index (χ0) is 11.3. The first-order valence-electron chi connectivity index (χ1n) is 5.32. The minimum atomic E-state index is 0.270. The van der Waals surface area contributed by atoms with Gasteiger partial charge in [0.15, 0.2) is 0 Å². The minimum absolute atomic E-state index is 0.270. The van der Waals surface area contributed by atoms with E-state index in [1.54, 1.807) is 7.11 Å². The molecule has 0 unspecified atom stereocenters. The summed E-state index contributed by atoms with van der Waals surface area (Å²) in [6.45, 7) is 6.62. The van der Waals surface area contributed by atoms with Crippen molar-refractivity contribution in [2.75, 3.05) is 7.11 Å². The summed E-state index contributed by atoms with van der Waals surface area (Å²) in [7, 11) is 1.69. The largest absolute Gasteiger partial charge is 0.497 e. The quantitative estimate of drug-likeness (QED) is 0.680. The third kappa shape index (κ3) is 4.68. The van der Waals surface area contributed by atoms with Crippen LogP contribution in [0.1, 0.15) is 26.3 Å². The van der Waals surface area contributed by atoms with E-state index >= 15 is 0 Å². The van der Waals surface area contributed by atoms with Gasteiger partial charge in [-0.25, -0.2) is 0 Å². The first-order valence-corrected chi connectivity index (χ1v) is 5.32. The van der Waals surface area contributed by atoms with Gasteiger partial charge in [0.25, 0.3) is 0 Å². The summed E-state index contributed by atoms with van der Waals surface area (Å²) >= 11 is 0. The summed E-state index contributed by atoms with van der Waals surface area (Å²) in [5.74, 6) is 0.915. The Morgan fingerprint density at radius 2 is 1.73 bits per heavy atom. The van der Waals surface area contributed by atoms with Crippen LogP contribution in [0, 0.1) is 5.41 Å². The van der Waals surface area contributed by atoms with Crippen LogP contribution in [-0.4, -0.2) is 7.11 Å². The topological polar surface area (TPSA) is 9.23 Å². The molecule has 0 saturated carbocycles. The molecule has 1 aromatic carbocycles. The summed E-state index contributed by atoms with van der Waals surface area (Å²) in [5.41, 5.74) is 1.59. The van der Waals surface area contributed by atoms with Crippen molar-refractivity contribution in [3.05, 3.63) is 42.0 Å². The fourth-order valence-electron chi connectivity index (χ4n) is 1.31. The third-order valence-electron chi connectivity index (χ3n) is 2.13. The second-order valence-corrected chi connectivity index (χ2v) is 4.82. The van der Waals surface area contributed by atoms with Gasteiger partial charge in [0.1, 0.15) is 5.75 Å². The first kappa shape index (κ1) is 11.8. The number of allylic oxidation sites excluding steroid dienone is 2. The fourth-order valence-corrected chi connectivity index (χ4v) is 1.31. The van der Waals surface area contributed by atoms with E-state index in [1.807, 2.05) is 12.1 Å². The molecule has 0 N–H and O–H groups in total. The Labute approximate surface area is 92.8 Å². The van der Waals surface area contributed by atoms with Crippen LogP contribution >= 0.6 is 0 Å². The van der Waals surface area contributed by atoms with Crippen molar-refractivity contribution in [2.45, 2.75) is 27.2 Å². The maximum atomic E-state index is 5.11. The highest BCUT2D eigenvalue weighted by molar-refractivity contribution is 5.28. The second kappa shape index (κ2) is 5.01. The lowest BCUT2D eigenvalue weighted by atomic mass is 9.95. The Balaban J connectivity index is 2.55. The van der Waals surface area contributed by atoms with Crippen LogP contribution in [0.25, 0.3) is 0 Å². The standard InChI is InChI=1S/C14H20O/c1-14(2,3)11-5-6-12-7-9-13(15-4)10-8-12/h5,7-11H,6H2,1-4H3/b11-5+. The Hall–Kier alpha value is -1.24. The lowest BCUT2D eigenvalue weighted by Crippen LogP contribution is -1.98. The number of hydrogen-bond acceptors (Lipinski definition) is 1. The smallest absolute Gasteiger partial charge is 0.118 e. The van der Waals surface area contributed by atoms with E-state index in [4.69, 9.17) is 4.74 Å². The van der Waals surface area contributed by atoms with Crippen molar-refractivity contribution in [1.29, 1.82) is 0 Å². The molecule has 0 aromatic heterocycles. The van der Waals surface area contributed by atoms with E-state index in [-0.39, 0.29) is 5.41 Å². The number of hydrogen-bond donors (Lipinski definition) is 0. The predicted octanol–water partition coefficient (Wildman–Crippen LogP) is 3.84. The maximum absolute atomic E-state index is 5.11. The molecule has 0 aliphatic carbocycles. The average molecular weight is 204 g/mol. The lowest BCUT2D eigenvalue weighted by molar-refractivity contribution is 0.414. The van der Waals surface area contributed by atoms with Crippen molar-refractivity contribution < 1.29 is 4.74 Å². The molecular formula is C14H20O. The van der Waals surface area contributed by atoms with Crippen molar-refractivity contribution in [1.82, 2.24) is 0 Å². The van der Waals surface area contributed by atoms with Crippen LogP contribution in [0.15, 0.2) is 36.4 Å². The monoisotopic (exact) mass is 204 g/mol. The van der Waals surface area contributed by atoms with Gasteiger partial charge in [0.05, 0.1) is 7.11 Å². The van der Waals surface area contributed by atoms with Crippen molar-refractivity contribution in [3.8, 4) is 5.75 Å². The number of methoxy groups -OCH3 is 1. The molecule has 0 radical (unpaired) electrons. The molecule has 1 nitrogen and oxygen atoms in total. The zero-order valence-corrected chi connectivity index (χ0v) is 10.1. The van der Waals surface area contributed by atoms with Gasteiger partial charge in [-0.3, -0.25) is 0 Å². The molecule has 0 spiro atoms. The summed E-state index contributed by atoms with van der Waals surface area (Å²) in [4.78, 5) is 0. The number of rotatable bonds is 3. The van der Waals surface area contributed by atoms with Gasteiger partial charge in [0.2, 0.25) is 0 Å². The Morgan fingerprint density at radius 3 is 2.20 bits per heavy atom. The molecule has 1 rings (SSSR count). The molecule has 0 aliphatic rings. The molecule has 82 valence electrons. The van der Waals surface area contributed by atoms with E-state index in [2.05, 4.69) is 45.1 Å². The molecule has 0 amide bonds. The van der Waals surface area contributed by atoms with Crippen LogP contribution in [0.2, 0.25) is 0 Å². The number of ether oxygens (including phenoxy) is 1. The molecule has 0 saturated heterocycles. The van der Waals surface area contributed by atoms with E-state index < -0.39 is 0 Å². The van der Waals surface area contributed by atoms with Crippen LogP contribution in [-0.2, 0) is 6.42 Å². The van der Waals surface area contributed by atoms with E-state index in [1.165, 1.54) is 5.56 Å². The summed E-state index contributed by atoms with van der Waals surface area (Å²) < 4.78 is 5.11. The van der Waals surface area contributed by atoms with Crippen molar-refractivity contribution >= 4 is 0 Å². The van der Waals surface area contributed by atoms with Gasteiger partial charge in [-0.2, -0.15) is 0 Å². The van der Waals surface area contributed by atoms with Gasteiger partial charge in [-0.1, -0.05) is 45.1 Å². The van der Waals surface area contributed by atoms with Gasteiger partial charge in [-0.15, -0.1) is 0 Å². The first-order chi connectivity index (χ1) is 7.01. The molecule has 1 heteroatoms. The molecule has 0 heterocycles. The highest BCUT2D eigenvalue weighted by atomic mass is 16.5. The maximum Gasteiger partial charge on any atom is 0.118 e. The highest BCUT2D eigenvalue weighted by Crippen LogP contribution is 2.16. The van der Waals surface area contributed by atoms with Crippen LogP contribution < -0.4 is 4.74 Å². The Bertz CT molecular complexity index is 314. The van der Waals surface area contributed by atoms with Crippen molar-refractivity contribution in [3.63, 3.8) is 0 Å². The molecule has 0 aliphatic heterocycles. The van der Waals surface area contributed by atoms with Gasteiger partial charge >= 0.3 is 0 Å². The summed E-state index contributed by atoms with van der Waals surface area (Å²) in [6.07, 6.45) is 5.46. The van der Waals surface area contributed by atoms with Crippen LogP contribution in [0.3, 0.4) is 0 Å². The fraction of sp³-hybridized carbons (Fsp3) is 0.429. The van der Waals surface area contributed by atoms with Crippen LogP contribution in [0.4, 0.5) is 0 Å². The minimum Gasteiger partial charge on any atom is -0.497 e. The molecular weight excluding hydrogens is 184 g/mol. The zero-order valence-electron chi connectivity index (χ0n) is 10.1. The summed E-state index contributed by atoms with van der Waals surface area (Å²) in [6, 6.07) is 8.21. The van der Waals surface area contributed by atoms with Gasteiger partial charge in [0, 0.05) is 0 Å².